The molecule has 6 nitrogen and oxygen atoms in total. The van der Waals surface area contributed by atoms with Crippen molar-refractivity contribution in [3.05, 3.63) is 34.1 Å². The van der Waals surface area contributed by atoms with Gasteiger partial charge in [-0.15, -0.1) is 0 Å². The van der Waals surface area contributed by atoms with Crippen LogP contribution in [0.3, 0.4) is 0 Å². The molecule has 170 valence electrons. The summed E-state index contributed by atoms with van der Waals surface area (Å²) in [7, 11) is 0. The molecule has 0 aromatic carbocycles. The van der Waals surface area contributed by atoms with E-state index >= 15 is 0 Å². The van der Waals surface area contributed by atoms with Crippen molar-refractivity contribution < 1.29 is 22.8 Å². The zero-order chi connectivity index (χ0) is 22.4. The molecule has 32 heavy (non-hydrogen) atoms. The van der Waals surface area contributed by atoms with Crippen LogP contribution in [-0.4, -0.2) is 56.9 Å². The van der Waals surface area contributed by atoms with Crippen LogP contribution in [0.25, 0.3) is 5.52 Å². The zero-order valence-electron chi connectivity index (χ0n) is 17.2. The third-order valence-corrected chi connectivity index (χ3v) is 7.81. The molecule has 3 saturated carbocycles. The average molecular weight is 467 g/mol. The van der Waals surface area contributed by atoms with E-state index in [1.807, 2.05) is 4.90 Å². The van der Waals surface area contributed by atoms with Gasteiger partial charge in [-0.25, -0.2) is 4.52 Å². The lowest BCUT2D eigenvalue weighted by molar-refractivity contribution is -0.142. The number of carbonyl (C=O) groups is 2. The SMILES string of the molecule is O=C(c1nn2c(C(F)(F)F)cc(C3CC3)cc2c1Cl)N1CCN(C2C[C@@H]3C[C@H]3C2)C(=O)C1. The van der Waals surface area contributed by atoms with Crippen LogP contribution in [0.2, 0.25) is 5.02 Å². The molecule has 1 saturated heterocycles. The number of carbonyl (C=O) groups excluding carboxylic acids is 2. The van der Waals surface area contributed by atoms with E-state index in [2.05, 4.69) is 5.10 Å². The van der Waals surface area contributed by atoms with Gasteiger partial charge in [0.1, 0.15) is 12.2 Å². The monoisotopic (exact) mass is 466 g/mol. The fourth-order valence-electron chi connectivity index (χ4n) is 5.46. The van der Waals surface area contributed by atoms with Gasteiger partial charge in [-0.05, 0) is 67.6 Å². The Morgan fingerprint density at radius 2 is 1.81 bits per heavy atom. The van der Waals surface area contributed by atoms with Gasteiger partial charge in [-0.3, -0.25) is 9.59 Å². The van der Waals surface area contributed by atoms with Crippen molar-refractivity contribution >= 4 is 28.9 Å². The Labute approximate surface area is 187 Å². The molecule has 0 N–H and O–H groups in total. The third kappa shape index (κ3) is 3.27. The van der Waals surface area contributed by atoms with E-state index in [0.717, 1.165) is 43.6 Å². The minimum atomic E-state index is -4.64. The van der Waals surface area contributed by atoms with Crippen LogP contribution < -0.4 is 0 Å². The van der Waals surface area contributed by atoms with Crippen molar-refractivity contribution in [3.8, 4) is 0 Å². The molecule has 2 amide bonds. The number of hydrogen-bond acceptors (Lipinski definition) is 3. The summed E-state index contributed by atoms with van der Waals surface area (Å²) < 4.78 is 41.8. The Kier molecular flexibility index (Phi) is 4.35. The molecule has 2 atom stereocenters. The minimum Gasteiger partial charge on any atom is -0.336 e. The number of piperazine rings is 1. The van der Waals surface area contributed by atoms with E-state index in [1.165, 1.54) is 11.3 Å². The number of hydrogen-bond donors (Lipinski definition) is 0. The summed E-state index contributed by atoms with van der Waals surface area (Å²) in [4.78, 5) is 29.1. The number of pyridine rings is 1. The molecule has 2 aromatic rings. The number of rotatable bonds is 3. The van der Waals surface area contributed by atoms with E-state index in [4.69, 9.17) is 11.6 Å². The average Bonchev–Trinajstić information content (AvgIpc) is 3.66. The fraction of sp³-hybridized carbons (Fsp3) is 0.591. The molecule has 1 aliphatic heterocycles. The summed E-state index contributed by atoms with van der Waals surface area (Å²) in [6, 6.07) is 2.93. The number of amides is 2. The van der Waals surface area contributed by atoms with Gasteiger partial charge in [-0.1, -0.05) is 11.6 Å². The van der Waals surface area contributed by atoms with Crippen LogP contribution in [0.5, 0.6) is 0 Å². The van der Waals surface area contributed by atoms with Crippen molar-refractivity contribution in [1.82, 2.24) is 19.4 Å². The fourth-order valence-corrected chi connectivity index (χ4v) is 5.72. The highest BCUT2D eigenvalue weighted by molar-refractivity contribution is 6.36. The zero-order valence-corrected chi connectivity index (χ0v) is 18.0. The Morgan fingerprint density at radius 1 is 1.09 bits per heavy atom. The van der Waals surface area contributed by atoms with Gasteiger partial charge in [0, 0.05) is 19.1 Å². The maximum atomic E-state index is 13.7. The summed E-state index contributed by atoms with van der Waals surface area (Å²) in [5, 5.41) is 3.86. The molecule has 4 fully saturated rings. The van der Waals surface area contributed by atoms with Crippen molar-refractivity contribution in [2.24, 2.45) is 11.8 Å². The van der Waals surface area contributed by atoms with E-state index in [-0.39, 0.29) is 40.6 Å². The van der Waals surface area contributed by atoms with E-state index in [0.29, 0.717) is 23.2 Å². The summed E-state index contributed by atoms with van der Waals surface area (Å²) in [6.45, 7) is 0.647. The third-order valence-electron chi connectivity index (χ3n) is 7.44. The molecular formula is C22H22ClF3N4O2. The van der Waals surface area contributed by atoms with Crippen molar-refractivity contribution in [2.45, 2.75) is 50.2 Å². The highest BCUT2D eigenvalue weighted by Crippen LogP contribution is 2.53. The Balaban J connectivity index is 1.28. The number of alkyl halides is 3. The first-order chi connectivity index (χ1) is 15.2. The van der Waals surface area contributed by atoms with Crippen LogP contribution >= 0.6 is 11.6 Å². The molecule has 3 heterocycles. The lowest BCUT2D eigenvalue weighted by Gasteiger charge is -2.38. The molecule has 0 unspecified atom stereocenters. The molecule has 6 rings (SSSR count). The molecule has 10 heteroatoms. The molecule has 0 bridgehead atoms. The summed E-state index contributed by atoms with van der Waals surface area (Å²) in [6.07, 6.45) is 0.360. The molecule has 0 radical (unpaired) electrons. The summed E-state index contributed by atoms with van der Waals surface area (Å²) in [5.74, 6) is 0.837. The standard InChI is InChI=1S/C22H22ClF3N4O2/c23-19-16-8-14(11-1-2-11)9-17(22(24,25)26)30(16)27-20(19)21(32)28-3-4-29(18(31)10-28)15-6-12-5-13(12)7-15/h8-9,11-13,15H,1-7,10H2/t12-,13-/m0/s1. The predicted octanol–water partition coefficient (Wildman–Crippen LogP) is 3.97. The van der Waals surface area contributed by atoms with Gasteiger partial charge in [0.25, 0.3) is 5.91 Å². The van der Waals surface area contributed by atoms with Gasteiger partial charge in [-0.2, -0.15) is 18.3 Å². The Bertz CT molecular complexity index is 1130. The van der Waals surface area contributed by atoms with Gasteiger partial charge in [0.15, 0.2) is 5.69 Å². The van der Waals surface area contributed by atoms with Crippen LogP contribution in [0.15, 0.2) is 12.1 Å². The maximum absolute atomic E-state index is 13.7. The van der Waals surface area contributed by atoms with Crippen molar-refractivity contribution in [3.63, 3.8) is 0 Å². The first-order valence-electron chi connectivity index (χ1n) is 11.1. The topological polar surface area (TPSA) is 57.9 Å². The first kappa shape index (κ1) is 20.3. The molecule has 3 aliphatic carbocycles. The van der Waals surface area contributed by atoms with Gasteiger partial charge in [0.2, 0.25) is 5.91 Å². The number of aromatic nitrogens is 2. The van der Waals surface area contributed by atoms with Gasteiger partial charge >= 0.3 is 6.18 Å². The molecular weight excluding hydrogens is 445 g/mol. The molecule has 4 aliphatic rings. The van der Waals surface area contributed by atoms with Crippen LogP contribution in [0.1, 0.15) is 59.8 Å². The second-order valence-corrected chi connectivity index (χ2v) is 9.98. The van der Waals surface area contributed by atoms with Gasteiger partial charge in [0.05, 0.1) is 10.5 Å². The second kappa shape index (κ2) is 6.85. The smallest absolute Gasteiger partial charge is 0.336 e. The lowest BCUT2D eigenvalue weighted by atomic mass is 10.1. The highest BCUT2D eigenvalue weighted by Gasteiger charge is 2.49. The summed E-state index contributed by atoms with van der Waals surface area (Å²) >= 11 is 6.39. The minimum absolute atomic E-state index is 0.0712. The number of halogens is 4. The van der Waals surface area contributed by atoms with Crippen LogP contribution in [0.4, 0.5) is 13.2 Å². The largest absolute Gasteiger partial charge is 0.433 e. The van der Waals surface area contributed by atoms with E-state index < -0.39 is 17.8 Å². The lowest BCUT2D eigenvalue weighted by Crippen LogP contribution is -2.55. The Morgan fingerprint density at radius 3 is 2.44 bits per heavy atom. The van der Waals surface area contributed by atoms with Crippen molar-refractivity contribution in [1.29, 1.82) is 0 Å². The number of fused-ring (bicyclic) bond motifs is 2. The summed E-state index contributed by atoms with van der Waals surface area (Å²) in [5.41, 5.74) is -0.557. The van der Waals surface area contributed by atoms with E-state index in [1.54, 1.807) is 6.07 Å². The molecule has 0 spiro atoms. The maximum Gasteiger partial charge on any atom is 0.433 e. The first-order valence-corrected chi connectivity index (χ1v) is 11.5. The van der Waals surface area contributed by atoms with Crippen LogP contribution in [-0.2, 0) is 11.0 Å². The normalized spacial score (nSPS) is 26.2. The second-order valence-electron chi connectivity index (χ2n) is 9.60. The predicted molar refractivity (Wildman–Crippen MR) is 109 cm³/mol. The number of nitrogens with zero attached hydrogens (tertiary/aromatic N) is 4. The highest BCUT2D eigenvalue weighted by atomic mass is 35.5. The van der Waals surface area contributed by atoms with Crippen LogP contribution in [0, 0.1) is 11.8 Å². The Hall–Kier alpha value is -2.29. The van der Waals surface area contributed by atoms with Crippen molar-refractivity contribution in [2.75, 3.05) is 19.6 Å². The quantitative estimate of drug-likeness (QED) is 0.688. The van der Waals surface area contributed by atoms with Gasteiger partial charge < -0.3 is 9.80 Å². The van der Waals surface area contributed by atoms with E-state index in [9.17, 15) is 22.8 Å². The molecule has 2 aromatic heterocycles.